The van der Waals surface area contributed by atoms with Crippen molar-refractivity contribution in [1.82, 2.24) is 0 Å². The first-order chi connectivity index (χ1) is 4.45. The zero-order valence-electron chi connectivity index (χ0n) is 5.15. The van der Waals surface area contributed by atoms with Gasteiger partial charge in [-0.05, 0) is 0 Å². The maximum Gasteiger partial charge on any atom is 0.400 e. The molecule has 0 aliphatic rings. The first-order valence-electron chi connectivity index (χ1n) is 2.57. The quantitative estimate of drug-likeness (QED) is 0.668. The van der Waals surface area contributed by atoms with Crippen molar-refractivity contribution < 1.29 is 17.4 Å². The number of halogens is 3. The molecule has 0 aromatic rings. The summed E-state index contributed by atoms with van der Waals surface area (Å²) in [7, 11) is -1.84. The monoisotopic (exact) mass is 175 g/mol. The highest BCUT2D eigenvalue weighted by atomic mass is 32.2. The Hall–Kier alpha value is -0.100. The molecule has 0 saturated heterocycles. The standard InChI is InChI=1S/C4H8F3NOS/c5-4(6,7)3-10(9)2-1-8/h1-3,8H2. The highest BCUT2D eigenvalue weighted by Crippen LogP contribution is 2.15. The molecule has 10 heavy (non-hydrogen) atoms. The second-order valence-electron chi connectivity index (χ2n) is 1.69. The summed E-state index contributed by atoms with van der Waals surface area (Å²) in [5.41, 5.74) is 4.89. The molecule has 0 fully saturated rings. The van der Waals surface area contributed by atoms with E-state index in [1.54, 1.807) is 0 Å². The average molecular weight is 175 g/mol. The summed E-state index contributed by atoms with van der Waals surface area (Å²) in [6.07, 6.45) is -4.33. The summed E-state index contributed by atoms with van der Waals surface area (Å²) in [5, 5.41) is 0. The minimum absolute atomic E-state index is 0.0304. The van der Waals surface area contributed by atoms with Gasteiger partial charge in [0.05, 0.1) is 0 Å². The lowest BCUT2D eigenvalue weighted by molar-refractivity contribution is -0.105. The summed E-state index contributed by atoms with van der Waals surface area (Å²) in [4.78, 5) is 0. The number of rotatable bonds is 3. The van der Waals surface area contributed by atoms with Crippen LogP contribution in [0.25, 0.3) is 0 Å². The van der Waals surface area contributed by atoms with Gasteiger partial charge in [0.25, 0.3) is 0 Å². The van der Waals surface area contributed by atoms with E-state index in [-0.39, 0.29) is 12.3 Å². The largest absolute Gasteiger partial charge is 0.400 e. The maximum atomic E-state index is 11.4. The molecule has 0 aromatic carbocycles. The van der Waals surface area contributed by atoms with E-state index < -0.39 is 22.7 Å². The van der Waals surface area contributed by atoms with Gasteiger partial charge in [-0.15, -0.1) is 0 Å². The molecule has 0 aromatic heterocycles. The predicted octanol–water partition coefficient (Wildman–Crippen LogP) is 0.256. The SMILES string of the molecule is NCCS(=O)CC(F)(F)F. The minimum Gasteiger partial charge on any atom is -0.330 e. The van der Waals surface area contributed by atoms with Gasteiger partial charge in [0, 0.05) is 23.1 Å². The van der Waals surface area contributed by atoms with Crippen LogP contribution < -0.4 is 5.73 Å². The van der Waals surface area contributed by atoms with Crippen molar-refractivity contribution in [2.75, 3.05) is 18.1 Å². The van der Waals surface area contributed by atoms with E-state index in [1.807, 2.05) is 0 Å². The normalized spacial score (nSPS) is 15.2. The molecule has 0 bridgehead atoms. The third-order valence-corrected chi connectivity index (χ3v) is 2.01. The van der Waals surface area contributed by atoms with Crippen molar-refractivity contribution in [1.29, 1.82) is 0 Å². The molecule has 1 atom stereocenters. The van der Waals surface area contributed by atoms with Gasteiger partial charge in [-0.3, -0.25) is 4.21 Å². The molecule has 6 heteroatoms. The fourth-order valence-electron chi connectivity index (χ4n) is 0.386. The van der Waals surface area contributed by atoms with Crippen LogP contribution in [0.3, 0.4) is 0 Å². The molecular formula is C4H8F3NOS. The van der Waals surface area contributed by atoms with Gasteiger partial charge in [-0.1, -0.05) is 0 Å². The Balaban J connectivity index is 3.58. The summed E-state index contributed by atoms with van der Waals surface area (Å²) < 4.78 is 44.6. The van der Waals surface area contributed by atoms with Crippen molar-refractivity contribution in [3.63, 3.8) is 0 Å². The van der Waals surface area contributed by atoms with E-state index in [4.69, 9.17) is 5.73 Å². The second kappa shape index (κ2) is 3.92. The molecule has 2 N–H and O–H groups in total. The van der Waals surface area contributed by atoms with Gasteiger partial charge < -0.3 is 5.73 Å². The Morgan fingerprint density at radius 1 is 1.40 bits per heavy atom. The Bertz CT molecular complexity index is 124. The van der Waals surface area contributed by atoms with Gasteiger partial charge in [0.15, 0.2) is 0 Å². The van der Waals surface area contributed by atoms with Crippen molar-refractivity contribution in [3.8, 4) is 0 Å². The highest BCUT2D eigenvalue weighted by Gasteiger charge is 2.29. The zero-order valence-corrected chi connectivity index (χ0v) is 5.97. The predicted molar refractivity (Wildman–Crippen MR) is 33.0 cm³/mol. The molecule has 0 heterocycles. The van der Waals surface area contributed by atoms with E-state index in [1.165, 1.54) is 0 Å². The maximum absolute atomic E-state index is 11.4. The summed E-state index contributed by atoms with van der Waals surface area (Å²) in [5.74, 6) is -1.33. The van der Waals surface area contributed by atoms with Crippen molar-refractivity contribution in [2.24, 2.45) is 5.73 Å². The zero-order chi connectivity index (χ0) is 8.20. The Morgan fingerprint density at radius 2 is 1.90 bits per heavy atom. The summed E-state index contributed by atoms with van der Waals surface area (Å²) in [6, 6.07) is 0. The van der Waals surface area contributed by atoms with Crippen LogP contribution in [0.4, 0.5) is 13.2 Å². The molecule has 0 spiro atoms. The van der Waals surface area contributed by atoms with Gasteiger partial charge in [-0.2, -0.15) is 13.2 Å². The van der Waals surface area contributed by atoms with Crippen LogP contribution in [-0.4, -0.2) is 28.4 Å². The van der Waals surface area contributed by atoms with Gasteiger partial charge in [0.1, 0.15) is 5.75 Å². The third-order valence-electron chi connectivity index (χ3n) is 0.670. The highest BCUT2D eigenvalue weighted by molar-refractivity contribution is 7.85. The van der Waals surface area contributed by atoms with E-state index in [2.05, 4.69) is 0 Å². The molecule has 62 valence electrons. The molecule has 0 aliphatic carbocycles. The average Bonchev–Trinajstić information content (AvgIpc) is 1.59. The first kappa shape index (κ1) is 9.90. The number of hydrogen-bond donors (Lipinski definition) is 1. The topological polar surface area (TPSA) is 43.1 Å². The summed E-state index contributed by atoms with van der Waals surface area (Å²) in [6.45, 7) is 0.0304. The lowest BCUT2D eigenvalue weighted by atomic mass is 10.8. The summed E-state index contributed by atoms with van der Waals surface area (Å²) >= 11 is 0. The molecule has 2 nitrogen and oxygen atoms in total. The Kier molecular flexibility index (Phi) is 3.88. The molecule has 0 rings (SSSR count). The fourth-order valence-corrected chi connectivity index (χ4v) is 1.16. The lowest BCUT2D eigenvalue weighted by Gasteiger charge is -2.03. The number of nitrogens with two attached hydrogens (primary N) is 1. The minimum atomic E-state index is -4.33. The Labute approximate surface area is 59.0 Å². The molecular weight excluding hydrogens is 167 g/mol. The van der Waals surface area contributed by atoms with Crippen molar-refractivity contribution in [3.05, 3.63) is 0 Å². The first-order valence-corrected chi connectivity index (χ1v) is 4.06. The van der Waals surface area contributed by atoms with E-state index in [9.17, 15) is 17.4 Å². The third kappa shape index (κ3) is 6.03. The molecule has 0 radical (unpaired) electrons. The van der Waals surface area contributed by atoms with Crippen molar-refractivity contribution in [2.45, 2.75) is 6.18 Å². The second-order valence-corrected chi connectivity index (χ2v) is 3.27. The van der Waals surface area contributed by atoms with Crippen molar-refractivity contribution >= 4 is 10.8 Å². The number of alkyl halides is 3. The molecule has 0 aliphatic heterocycles. The molecule has 0 amide bonds. The van der Waals surface area contributed by atoms with Crippen LogP contribution in [0.1, 0.15) is 0 Å². The van der Waals surface area contributed by atoms with E-state index in [0.717, 1.165) is 0 Å². The van der Waals surface area contributed by atoms with Gasteiger partial charge >= 0.3 is 6.18 Å². The molecule has 1 unspecified atom stereocenters. The van der Waals surface area contributed by atoms with Gasteiger partial charge in [0.2, 0.25) is 0 Å². The van der Waals surface area contributed by atoms with Crippen LogP contribution in [-0.2, 0) is 10.8 Å². The van der Waals surface area contributed by atoms with Crippen LogP contribution in [0.2, 0.25) is 0 Å². The Morgan fingerprint density at radius 3 is 2.20 bits per heavy atom. The fraction of sp³-hybridized carbons (Fsp3) is 1.00. The smallest absolute Gasteiger partial charge is 0.330 e. The number of hydrogen-bond acceptors (Lipinski definition) is 2. The van der Waals surface area contributed by atoms with Crippen LogP contribution in [0.5, 0.6) is 0 Å². The van der Waals surface area contributed by atoms with Crippen LogP contribution in [0, 0.1) is 0 Å². The van der Waals surface area contributed by atoms with E-state index in [0.29, 0.717) is 0 Å². The van der Waals surface area contributed by atoms with Gasteiger partial charge in [-0.25, -0.2) is 0 Å². The van der Waals surface area contributed by atoms with Crippen LogP contribution >= 0.6 is 0 Å². The van der Waals surface area contributed by atoms with Crippen LogP contribution in [0.15, 0.2) is 0 Å². The van der Waals surface area contributed by atoms with E-state index >= 15 is 0 Å². The lowest BCUT2D eigenvalue weighted by Crippen LogP contribution is -2.22. The molecule has 0 saturated carbocycles.